The maximum Gasteiger partial charge on any atom is 0.246 e. The molecule has 1 rings (SSSR count). The maximum atomic E-state index is 11.5. The minimum absolute atomic E-state index is 0.0289. The molecule has 0 spiro atoms. The van der Waals surface area contributed by atoms with E-state index in [2.05, 4.69) is 0 Å². The Morgan fingerprint density at radius 3 is 3.00 bits per heavy atom. The van der Waals surface area contributed by atoms with E-state index >= 15 is 0 Å². The molecule has 1 aliphatic heterocycles. The Morgan fingerprint density at radius 2 is 2.38 bits per heavy atom. The monoisotopic (exact) mass is 183 g/mol. The van der Waals surface area contributed by atoms with E-state index in [1.54, 1.807) is 17.1 Å². The third-order valence-corrected chi connectivity index (χ3v) is 2.43. The molecule has 0 aromatic heterocycles. The van der Waals surface area contributed by atoms with Crippen LogP contribution in [-0.4, -0.2) is 35.1 Å². The van der Waals surface area contributed by atoms with Crippen molar-refractivity contribution in [1.29, 1.82) is 0 Å². The van der Waals surface area contributed by atoms with E-state index in [4.69, 9.17) is 5.11 Å². The van der Waals surface area contributed by atoms with Crippen LogP contribution in [0.2, 0.25) is 0 Å². The van der Waals surface area contributed by atoms with Crippen molar-refractivity contribution in [3.05, 3.63) is 12.2 Å². The second-order valence-electron chi connectivity index (χ2n) is 3.36. The third-order valence-electron chi connectivity index (χ3n) is 2.43. The summed E-state index contributed by atoms with van der Waals surface area (Å²) in [6, 6.07) is 0.0393. The van der Waals surface area contributed by atoms with Gasteiger partial charge in [0.2, 0.25) is 5.91 Å². The molecule has 1 saturated heterocycles. The molecule has 3 heteroatoms. The fourth-order valence-corrected chi connectivity index (χ4v) is 1.72. The Hall–Kier alpha value is -0.830. The zero-order chi connectivity index (χ0) is 9.68. The lowest BCUT2D eigenvalue weighted by Gasteiger charge is -2.33. The number of aliphatic hydroxyl groups is 1. The Kier molecular flexibility index (Phi) is 3.96. The average molecular weight is 183 g/mol. The quantitative estimate of drug-likeness (QED) is 0.647. The van der Waals surface area contributed by atoms with Crippen molar-refractivity contribution < 1.29 is 9.90 Å². The van der Waals surface area contributed by atoms with Gasteiger partial charge in [-0.3, -0.25) is 4.79 Å². The van der Waals surface area contributed by atoms with Crippen molar-refractivity contribution in [2.24, 2.45) is 0 Å². The number of amides is 1. The fraction of sp³-hybridized carbons (Fsp3) is 0.700. The normalized spacial score (nSPS) is 23.8. The van der Waals surface area contributed by atoms with Gasteiger partial charge in [-0.1, -0.05) is 6.08 Å². The average Bonchev–Trinajstić information content (AvgIpc) is 2.18. The summed E-state index contributed by atoms with van der Waals surface area (Å²) in [5.74, 6) is 0.0289. The summed E-state index contributed by atoms with van der Waals surface area (Å²) < 4.78 is 0. The molecule has 13 heavy (non-hydrogen) atoms. The zero-order valence-corrected chi connectivity index (χ0v) is 8.07. The molecule has 1 fully saturated rings. The number of likely N-dealkylation sites (tertiary alicyclic amines) is 1. The van der Waals surface area contributed by atoms with E-state index in [-0.39, 0.29) is 18.6 Å². The summed E-state index contributed by atoms with van der Waals surface area (Å²) in [7, 11) is 0. The number of piperidine rings is 1. The van der Waals surface area contributed by atoms with Crippen molar-refractivity contribution >= 4 is 5.91 Å². The highest BCUT2D eigenvalue weighted by Gasteiger charge is 2.23. The van der Waals surface area contributed by atoms with Crippen molar-refractivity contribution in [2.45, 2.75) is 32.2 Å². The summed E-state index contributed by atoms with van der Waals surface area (Å²) in [5, 5.41) is 9.06. The lowest BCUT2D eigenvalue weighted by atomic mass is 10.0. The van der Waals surface area contributed by atoms with Gasteiger partial charge in [0.15, 0.2) is 0 Å². The molecule has 1 atom stereocenters. The van der Waals surface area contributed by atoms with Crippen LogP contribution in [0, 0.1) is 0 Å². The van der Waals surface area contributed by atoms with E-state index in [1.807, 2.05) is 6.92 Å². The van der Waals surface area contributed by atoms with E-state index in [0.717, 1.165) is 25.8 Å². The van der Waals surface area contributed by atoms with Crippen molar-refractivity contribution in [1.82, 2.24) is 4.90 Å². The van der Waals surface area contributed by atoms with Crippen molar-refractivity contribution in [3.8, 4) is 0 Å². The Balaban J connectivity index is 2.58. The number of aliphatic hydroxyl groups excluding tert-OH is 1. The predicted molar refractivity (Wildman–Crippen MR) is 51.3 cm³/mol. The molecular formula is C10H17NO2. The van der Waals surface area contributed by atoms with Crippen molar-refractivity contribution in [2.75, 3.05) is 13.2 Å². The van der Waals surface area contributed by atoms with Gasteiger partial charge in [-0.25, -0.2) is 0 Å². The Labute approximate surface area is 79.0 Å². The second-order valence-corrected chi connectivity index (χ2v) is 3.36. The first-order chi connectivity index (χ1) is 6.29. The Bertz CT molecular complexity index is 201. The van der Waals surface area contributed by atoms with Gasteiger partial charge in [-0.15, -0.1) is 0 Å². The summed E-state index contributed by atoms with van der Waals surface area (Å²) in [5.41, 5.74) is 0. The van der Waals surface area contributed by atoms with E-state index in [0.29, 0.717) is 0 Å². The highest BCUT2D eigenvalue weighted by Crippen LogP contribution is 2.16. The lowest BCUT2D eigenvalue weighted by Crippen LogP contribution is -2.44. The maximum absolute atomic E-state index is 11.5. The van der Waals surface area contributed by atoms with Crippen LogP contribution in [0.15, 0.2) is 12.2 Å². The fourth-order valence-electron chi connectivity index (χ4n) is 1.72. The zero-order valence-electron chi connectivity index (χ0n) is 8.07. The van der Waals surface area contributed by atoms with Gasteiger partial charge in [-0.05, 0) is 32.3 Å². The number of hydrogen-bond acceptors (Lipinski definition) is 2. The molecule has 1 heterocycles. The van der Waals surface area contributed by atoms with Crippen LogP contribution < -0.4 is 0 Å². The SMILES string of the molecule is C/C=C/C(=O)N1CCCCC1CO. The molecule has 1 N–H and O–H groups in total. The highest BCUT2D eigenvalue weighted by molar-refractivity contribution is 5.87. The van der Waals surface area contributed by atoms with E-state index in [9.17, 15) is 4.79 Å². The van der Waals surface area contributed by atoms with Crippen LogP contribution in [0.3, 0.4) is 0 Å². The van der Waals surface area contributed by atoms with Gasteiger partial charge in [-0.2, -0.15) is 0 Å². The molecule has 74 valence electrons. The number of allylic oxidation sites excluding steroid dienone is 1. The predicted octanol–water partition coefficient (Wildman–Crippen LogP) is 0.936. The minimum Gasteiger partial charge on any atom is -0.394 e. The lowest BCUT2D eigenvalue weighted by molar-refractivity contribution is -0.130. The molecule has 1 aliphatic rings. The molecule has 0 saturated carbocycles. The molecule has 0 aromatic carbocycles. The van der Waals surface area contributed by atoms with E-state index in [1.165, 1.54) is 0 Å². The number of rotatable bonds is 2. The number of nitrogens with zero attached hydrogens (tertiary/aromatic N) is 1. The molecule has 3 nitrogen and oxygen atoms in total. The third kappa shape index (κ3) is 2.56. The molecule has 0 aliphatic carbocycles. The molecule has 1 amide bonds. The Morgan fingerprint density at radius 1 is 1.62 bits per heavy atom. The summed E-state index contributed by atoms with van der Waals surface area (Å²) in [6.45, 7) is 2.70. The van der Waals surface area contributed by atoms with Gasteiger partial charge in [0.05, 0.1) is 12.6 Å². The molecule has 0 radical (unpaired) electrons. The van der Waals surface area contributed by atoms with Crippen LogP contribution in [0.25, 0.3) is 0 Å². The summed E-state index contributed by atoms with van der Waals surface area (Å²) >= 11 is 0. The van der Waals surface area contributed by atoms with Gasteiger partial charge in [0.25, 0.3) is 0 Å². The first-order valence-corrected chi connectivity index (χ1v) is 4.83. The minimum atomic E-state index is 0.0289. The number of hydrogen-bond donors (Lipinski definition) is 1. The molecular weight excluding hydrogens is 166 g/mol. The topological polar surface area (TPSA) is 40.5 Å². The summed E-state index contributed by atoms with van der Waals surface area (Å²) in [4.78, 5) is 13.3. The van der Waals surface area contributed by atoms with Gasteiger partial charge >= 0.3 is 0 Å². The van der Waals surface area contributed by atoms with Gasteiger partial charge in [0, 0.05) is 6.54 Å². The summed E-state index contributed by atoms with van der Waals surface area (Å²) in [6.07, 6.45) is 6.41. The standard InChI is InChI=1S/C10H17NO2/c1-2-5-10(13)11-7-4-3-6-9(11)8-12/h2,5,9,12H,3-4,6-8H2,1H3/b5-2+. The molecule has 0 bridgehead atoms. The highest BCUT2D eigenvalue weighted by atomic mass is 16.3. The van der Waals surface area contributed by atoms with E-state index < -0.39 is 0 Å². The van der Waals surface area contributed by atoms with Crippen LogP contribution in [0.1, 0.15) is 26.2 Å². The molecule has 0 aromatic rings. The smallest absolute Gasteiger partial charge is 0.246 e. The van der Waals surface area contributed by atoms with Crippen LogP contribution in [0.4, 0.5) is 0 Å². The largest absolute Gasteiger partial charge is 0.394 e. The van der Waals surface area contributed by atoms with Gasteiger partial charge in [0.1, 0.15) is 0 Å². The van der Waals surface area contributed by atoms with Gasteiger partial charge < -0.3 is 10.0 Å². The number of carbonyl (C=O) groups excluding carboxylic acids is 1. The van der Waals surface area contributed by atoms with Crippen LogP contribution in [0.5, 0.6) is 0 Å². The number of carbonyl (C=O) groups is 1. The first kappa shape index (κ1) is 10.3. The second kappa shape index (κ2) is 5.02. The van der Waals surface area contributed by atoms with Crippen LogP contribution >= 0.6 is 0 Å². The van der Waals surface area contributed by atoms with Crippen LogP contribution in [-0.2, 0) is 4.79 Å². The first-order valence-electron chi connectivity index (χ1n) is 4.83. The molecule has 1 unspecified atom stereocenters. The van der Waals surface area contributed by atoms with Crippen molar-refractivity contribution in [3.63, 3.8) is 0 Å².